The van der Waals surface area contributed by atoms with Crippen molar-refractivity contribution >= 4 is 5.69 Å². The molecule has 0 bridgehead atoms. The number of rotatable bonds is 6. The summed E-state index contributed by atoms with van der Waals surface area (Å²) >= 11 is 0. The fourth-order valence-electron chi connectivity index (χ4n) is 1.59. The monoisotopic (exact) mass is 203 g/mol. The number of anilines is 1. The first kappa shape index (κ1) is 11.8. The van der Waals surface area contributed by atoms with Gasteiger partial charge in [-0.15, -0.1) is 0 Å². The molecule has 1 aromatic carbocycles. The van der Waals surface area contributed by atoms with E-state index in [0.717, 1.165) is 0 Å². The van der Waals surface area contributed by atoms with Gasteiger partial charge in [-0.25, -0.2) is 0 Å². The molecule has 1 nitrogen and oxygen atoms in total. The lowest BCUT2D eigenvalue weighted by molar-refractivity contribution is 0.662. The van der Waals surface area contributed by atoms with E-state index in [2.05, 4.69) is 50.0 Å². The molecule has 0 amide bonds. The quantitative estimate of drug-likeness (QED) is 0.682. The molecule has 0 unspecified atom stereocenters. The van der Waals surface area contributed by atoms with Gasteiger partial charge in [-0.05, 0) is 25.5 Å². The van der Waals surface area contributed by atoms with E-state index in [1.54, 1.807) is 0 Å². The summed E-state index contributed by atoms with van der Waals surface area (Å²) in [6.07, 6.45) is 3.65. The number of unbranched alkanes of at least 4 members (excludes halogenated alkanes) is 1. The molecule has 0 spiro atoms. The Balaban J connectivity index is 2.55. The maximum absolute atomic E-state index is 4.04. The van der Waals surface area contributed by atoms with E-state index in [1.807, 2.05) is 6.07 Å². The van der Waals surface area contributed by atoms with Crippen LogP contribution >= 0.6 is 0 Å². The standard InChI is InChI=1S/C14H21N/c1-4-5-11-14(12(2)3)15-13-9-7-6-8-10-13/h6-10,14-15H,2,4-5,11H2,1,3H3/t14-/m0/s1. The molecule has 1 N–H and O–H groups in total. The van der Waals surface area contributed by atoms with Crippen molar-refractivity contribution in [2.45, 2.75) is 39.2 Å². The predicted molar refractivity (Wildman–Crippen MR) is 68.2 cm³/mol. The summed E-state index contributed by atoms with van der Waals surface area (Å²) in [7, 11) is 0. The summed E-state index contributed by atoms with van der Waals surface area (Å²) < 4.78 is 0. The summed E-state index contributed by atoms with van der Waals surface area (Å²) in [4.78, 5) is 0. The summed E-state index contributed by atoms with van der Waals surface area (Å²) in [6.45, 7) is 8.36. The first-order valence-corrected chi connectivity index (χ1v) is 5.71. The molecular formula is C14H21N. The fourth-order valence-corrected chi connectivity index (χ4v) is 1.59. The summed E-state index contributed by atoms with van der Waals surface area (Å²) in [6, 6.07) is 10.7. The zero-order valence-electron chi connectivity index (χ0n) is 9.79. The van der Waals surface area contributed by atoms with Gasteiger partial charge in [0.15, 0.2) is 0 Å². The van der Waals surface area contributed by atoms with Crippen LogP contribution in [-0.2, 0) is 0 Å². The minimum Gasteiger partial charge on any atom is -0.379 e. The Morgan fingerprint density at radius 3 is 2.53 bits per heavy atom. The highest BCUT2D eigenvalue weighted by Gasteiger charge is 2.07. The highest BCUT2D eigenvalue weighted by atomic mass is 14.9. The fraction of sp³-hybridized carbons (Fsp3) is 0.429. The lowest BCUT2D eigenvalue weighted by atomic mass is 10.0. The average molecular weight is 203 g/mol. The molecule has 0 aromatic heterocycles. The Morgan fingerprint density at radius 1 is 1.33 bits per heavy atom. The van der Waals surface area contributed by atoms with Crippen LogP contribution < -0.4 is 5.32 Å². The van der Waals surface area contributed by atoms with Crippen molar-refractivity contribution in [2.75, 3.05) is 5.32 Å². The molecule has 1 atom stereocenters. The molecule has 1 aromatic rings. The van der Waals surface area contributed by atoms with E-state index in [-0.39, 0.29) is 0 Å². The Bertz CT molecular complexity index is 289. The van der Waals surface area contributed by atoms with E-state index in [9.17, 15) is 0 Å². The number of para-hydroxylation sites is 1. The van der Waals surface area contributed by atoms with Gasteiger partial charge in [0.25, 0.3) is 0 Å². The van der Waals surface area contributed by atoms with Crippen molar-refractivity contribution in [1.82, 2.24) is 0 Å². The van der Waals surface area contributed by atoms with Gasteiger partial charge in [0, 0.05) is 11.7 Å². The zero-order chi connectivity index (χ0) is 11.1. The Labute approximate surface area is 93.2 Å². The van der Waals surface area contributed by atoms with Crippen LogP contribution in [0, 0.1) is 0 Å². The van der Waals surface area contributed by atoms with Crippen LogP contribution in [-0.4, -0.2) is 6.04 Å². The summed E-state index contributed by atoms with van der Waals surface area (Å²) in [5.74, 6) is 0. The Morgan fingerprint density at radius 2 is 2.00 bits per heavy atom. The van der Waals surface area contributed by atoms with Crippen LogP contribution in [0.5, 0.6) is 0 Å². The molecule has 15 heavy (non-hydrogen) atoms. The molecule has 0 fully saturated rings. The number of benzene rings is 1. The summed E-state index contributed by atoms with van der Waals surface area (Å²) in [5.41, 5.74) is 2.40. The Kier molecular flexibility index (Phi) is 4.96. The minimum atomic E-state index is 0.410. The van der Waals surface area contributed by atoms with Crippen molar-refractivity contribution in [1.29, 1.82) is 0 Å². The molecule has 0 radical (unpaired) electrons. The maximum Gasteiger partial charge on any atom is 0.0468 e. The number of nitrogens with one attached hydrogen (secondary N) is 1. The van der Waals surface area contributed by atoms with E-state index >= 15 is 0 Å². The van der Waals surface area contributed by atoms with Crippen LogP contribution in [0.4, 0.5) is 5.69 Å². The molecule has 0 saturated carbocycles. The average Bonchev–Trinajstić information content (AvgIpc) is 2.25. The van der Waals surface area contributed by atoms with Crippen molar-refractivity contribution in [3.63, 3.8) is 0 Å². The maximum atomic E-state index is 4.04. The minimum absolute atomic E-state index is 0.410. The van der Waals surface area contributed by atoms with Crippen LogP contribution in [0.15, 0.2) is 42.5 Å². The summed E-state index contributed by atoms with van der Waals surface area (Å²) in [5, 5.41) is 3.51. The largest absolute Gasteiger partial charge is 0.379 e. The van der Waals surface area contributed by atoms with Crippen molar-refractivity contribution < 1.29 is 0 Å². The van der Waals surface area contributed by atoms with Crippen molar-refractivity contribution in [3.8, 4) is 0 Å². The van der Waals surface area contributed by atoms with Gasteiger partial charge in [-0.1, -0.05) is 50.1 Å². The van der Waals surface area contributed by atoms with Crippen LogP contribution in [0.3, 0.4) is 0 Å². The van der Waals surface area contributed by atoms with Gasteiger partial charge < -0.3 is 5.32 Å². The predicted octanol–water partition coefficient (Wildman–Crippen LogP) is 4.23. The molecule has 0 aliphatic carbocycles. The highest BCUT2D eigenvalue weighted by molar-refractivity contribution is 5.45. The van der Waals surface area contributed by atoms with Crippen LogP contribution in [0.25, 0.3) is 0 Å². The molecule has 1 heteroatoms. The molecule has 0 aliphatic heterocycles. The first-order valence-electron chi connectivity index (χ1n) is 5.71. The first-order chi connectivity index (χ1) is 7.24. The van der Waals surface area contributed by atoms with Gasteiger partial charge in [0.05, 0.1) is 0 Å². The SMILES string of the molecule is C=C(C)[C@H](CCCC)Nc1ccccc1. The van der Waals surface area contributed by atoms with E-state index in [4.69, 9.17) is 0 Å². The molecular weight excluding hydrogens is 182 g/mol. The normalized spacial score (nSPS) is 12.1. The molecule has 0 aliphatic rings. The van der Waals surface area contributed by atoms with E-state index in [1.165, 1.54) is 30.5 Å². The van der Waals surface area contributed by atoms with E-state index < -0.39 is 0 Å². The van der Waals surface area contributed by atoms with Gasteiger partial charge >= 0.3 is 0 Å². The molecule has 82 valence electrons. The van der Waals surface area contributed by atoms with Crippen LogP contribution in [0.2, 0.25) is 0 Å². The number of hydrogen-bond donors (Lipinski definition) is 1. The van der Waals surface area contributed by atoms with Gasteiger partial charge in [-0.3, -0.25) is 0 Å². The third-order valence-electron chi connectivity index (χ3n) is 2.56. The number of hydrogen-bond acceptors (Lipinski definition) is 1. The van der Waals surface area contributed by atoms with Gasteiger partial charge in [-0.2, -0.15) is 0 Å². The second-order valence-electron chi connectivity index (χ2n) is 4.05. The third-order valence-corrected chi connectivity index (χ3v) is 2.56. The van der Waals surface area contributed by atoms with Crippen LogP contribution in [0.1, 0.15) is 33.1 Å². The second-order valence-corrected chi connectivity index (χ2v) is 4.05. The smallest absolute Gasteiger partial charge is 0.0468 e. The van der Waals surface area contributed by atoms with Gasteiger partial charge in [0.2, 0.25) is 0 Å². The molecule has 0 saturated heterocycles. The zero-order valence-corrected chi connectivity index (χ0v) is 9.79. The highest BCUT2D eigenvalue weighted by Crippen LogP contribution is 2.15. The van der Waals surface area contributed by atoms with Crippen molar-refractivity contribution in [3.05, 3.63) is 42.5 Å². The molecule has 1 rings (SSSR count). The lowest BCUT2D eigenvalue weighted by Gasteiger charge is -2.19. The van der Waals surface area contributed by atoms with Gasteiger partial charge in [0.1, 0.15) is 0 Å². The van der Waals surface area contributed by atoms with E-state index in [0.29, 0.717) is 6.04 Å². The third kappa shape index (κ3) is 4.20. The molecule has 0 heterocycles. The topological polar surface area (TPSA) is 12.0 Å². The lowest BCUT2D eigenvalue weighted by Crippen LogP contribution is -2.20. The Hall–Kier alpha value is -1.24. The van der Waals surface area contributed by atoms with Crippen molar-refractivity contribution in [2.24, 2.45) is 0 Å². The second kappa shape index (κ2) is 6.28.